The molecule has 176 valence electrons. The van der Waals surface area contributed by atoms with Crippen LogP contribution in [0.4, 0.5) is 5.69 Å². The maximum atomic E-state index is 12.8. The summed E-state index contributed by atoms with van der Waals surface area (Å²) in [5.41, 5.74) is 5.21. The van der Waals surface area contributed by atoms with E-state index in [-0.39, 0.29) is 18.0 Å². The summed E-state index contributed by atoms with van der Waals surface area (Å²) in [6.45, 7) is 4.64. The lowest BCUT2D eigenvalue weighted by Gasteiger charge is -2.29. The molecule has 35 heavy (non-hydrogen) atoms. The second-order valence-corrected chi connectivity index (χ2v) is 8.89. The van der Waals surface area contributed by atoms with Crippen molar-refractivity contribution in [3.05, 3.63) is 101 Å². The molecule has 0 bridgehead atoms. The molecule has 3 aromatic carbocycles. The molecule has 0 radical (unpaired) electrons. The van der Waals surface area contributed by atoms with Crippen LogP contribution in [0.5, 0.6) is 0 Å². The summed E-state index contributed by atoms with van der Waals surface area (Å²) in [6, 6.07) is 27.5. The van der Waals surface area contributed by atoms with E-state index in [1.807, 2.05) is 24.3 Å². The normalized spacial score (nSPS) is 16.2. The monoisotopic (exact) mass is 463 g/mol. The average Bonchev–Trinajstić information content (AvgIpc) is 3.36. The van der Waals surface area contributed by atoms with E-state index >= 15 is 0 Å². The highest BCUT2D eigenvalue weighted by molar-refractivity contribution is 5.94. The Balaban J connectivity index is 1.54. The Labute approximate surface area is 207 Å². The van der Waals surface area contributed by atoms with E-state index in [2.05, 4.69) is 65.5 Å². The van der Waals surface area contributed by atoms with Gasteiger partial charge in [0, 0.05) is 44.0 Å². The van der Waals surface area contributed by atoms with Crippen LogP contribution in [-0.2, 0) is 0 Å². The second kappa shape index (κ2) is 10.9. The summed E-state index contributed by atoms with van der Waals surface area (Å²) >= 11 is 0. The Kier molecular flexibility index (Phi) is 7.45. The largest absolute Gasteiger partial charge is 0.375 e. The molecule has 1 N–H and O–H groups in total. The van der Waals surface area contributed by atoms with E-state index in [0.717, 1.165) is 31.6 Å². The fourth-order valence-corrected chi connectivity index (χ4v) is 4.55. The van der Waals surface area contributed by atoms with E-state index in [9.17, 15) is 10.1 Å². The number of hydrogen-bond acceptors (Lipinski definition) is 5. The van der Waals surface area contributed by atoms with Gasteiger partial charge in [0.05, 0.1) is 29.3 Å². The van der Waals surface area contributed by atoms with E-state index < -0.39 is 0 Å². The number of carbonyl (C=O) groups is 1. The van der Waals surface area contributed by atoms with Crippen LogP contribution in [0, 0.1) is 22.7 Å². The predicted molar refractivity (Wildman–Crippen MR) is 137 cm³/mol. The van der Waals surface area contributed by atoms with Crippen LogP contribution in [0.25, 0.3) is 0 Å². The van der Waals surface area contributed by atoms with Gasteiger partial charge in [-0.3, -0.25) is 9.69 Å². The summed E-state index contributed by atoms with van der Waals surface area (Å²) in [6.07, 6.45) is 0.853. The highest BCUT2D eigenvalue weighted by Crippen LogP contribution is 2.33. The van der Waals surface area contributed by atoms with Gasteiger partial charge in [-0.25, -0.2) is 0 Å². The number of nitrogens with zero attached hydrogens (tertiary/aromatic N) is 4. The molecule has 1 amide bonds. The highest BCUT2D eigenvalue weighted by atomic mass is 16.1. The average molecular weight is 464 g/mol. The molecular weight excluding hydrogens is 434 g/mol. The fourth-order valence-electron chi connectivity index (χ4n) is 4.55. The molecule has 6 heteroatoms. The summed E-state index contributed by atoms with van der Waals surface area (Å²) in [5, 5.41) is 21.4. The number of rotatable bonds is 7. The number of benzene rings is 3. The lowest BCUT2D eigenvalue weighted by Crippen LogP contribution is -2.38. The van der Waals surface area contributed by atoms with Gasteiger partial charge >= 0.3 is 0 Å². The van der Waals surface area contributed by atoms with Crippen molar-refractivity contribution in [2.24, 2.45) is 0 Å². The predicted octanol–water partition coefficient (Wildman–Crippen LogP) is 4.48. The Bertz CT molecular complexity index is 1240. The lowest BCUT2D eigenvalue weighted by molar-refractivity contribution is 0.0937. The van der Waals surface area contributed by atoms with Gasteiger partial charge in [-0.15, -0.1) is 0 Å². The summed E-state index contributed by atoms with van der Waals surface area (Å²) < 4.78 is 0. The van der Waals surface area contributed by atoms with Crippen molar-refractivity contribution in [2.45, 2.75) is 25.4 Å². The Hall–Kier alpha value is -4.13. The molecular formula is C29H29N5O. The van der Waals surface area contributed by atoms with E-state index in [1.165, 1.54) is 11.3 Å². The molecule has 0 saturated carbocycles. The minimum atomic E-state index is -0.122. The van der Waals surface area contributed by atoms with E-state index in [0.29, 0.717) is 16.7 Å². The SMILES string of the molecule is CCN(C)c1ccc([C@@H](c2ccc(C#N)cc2)N2CCC(NC(=O)c3ccc(C#N)cc3)C2)cc1. The molecule has 0 spiro atoms. The van der Waals surface area contributed by atoms with E-state index in [1.54, 1.807) is 24.3 Å². The van der Waals surface area contributed by atoms with Gasteiger partial charge < -0.3 is 10.2 Å². The van der Waals surface area contributed by atoms with Gasteiger partial charge in [0.15, 0.2) is 0 Å². The summed E-state index contributed by atoms with van der Waals surface area (Å²) in [7, 11) is 2.08. The molecule has 1 fully saturated rings. The Morgan fingerprint density at radius 3 is 2.06 bits per heavy atom. The first-order chi connectivity index (χ1) is 17.0. The molecule has 1 unspecified atom stereocenters. The third kappa shape index (κ3) is 5.51. The van der Waals surface area contributed by atoms with Crippen LogP contribution in [-0.4, -0.2) is 43.5 Å². The number of hydrogen-bond donors (Lipinski definition) is 1. The Morgan fingerprint density at radius 1 is 0.971 bits per heavy atom. The van der Waals surface area contributed by atoms with Crippen molar-refractivity contribution in [1.29, 1.82) is 10.5 Å². The van der Waals surface area contributed by atoms with Crippen LogP contribution in [0.15, 0.2) is 72.8 Å². The first-order valence-corrected chi connectivity index (χ1v) is 11.9. The molecule has 1 aliphatic heterocycles. The third-order valence-electron chi connectivity index (χ3n) is 6.68. The smallest absolute Gasteiger partial charge is 0.251 e. The molecule has 2 atom stereocenters. The fraction of sp³-hybridized carbons (Fsp3) is 0.276. The van der Waals surface area contributed by atoms with E-state index in [4.69, 9.17) is 5.26 Å². The van der Waals surface area contributed by atoms with Crippen LogP contribution in [0.3, 0.4) is 0 Å². The standard InChI is InChI=1S/C29H29N5O/c1-3-33(2)27-14-12-24(13-15-27)28(23-8-4-21(18-30)5-9-23)34-17-16-26(20-34)32-29(35)25-10-6-22(19-31)7-11-25/h4-15,26,28H,3,16-17,20H2,1-2H3,(H,32,35)/t26?,28-/m1/s1. The van der Waals surface area contributed by atoms with Crippen molar-refractivity contribution in [1.82, 2.24) is 10.2 Å². The van der Waals surface area contributed by atoms with Gasteiger partial charge in [-0.05, 0) is 73.0 Å². The maximum absolute atomic E-state index is 12.8. The number of amides is 1. The molecule has 6 nitrogen and oxygen atoms in total. The summed E-state index contributed by atoms with van der Waals surface area (Å²) in [5.74, 6) is -0.122. The first kappa shape index (κ1) is 24.0. The van der Waals surface area contributed by atoms with Crippen molar-refractivity contribution in [3.8, 4) is 12.1 Å². The number of anilines is 1. The van der Waals surface area contributed by atoms with Crippen LogP contribution >= 0.6 is 0 Å². The minimum Gasteiger partial charge on any atom is -0.375 e. The second-order valence-electron chi connectivity index (χ2n) is 8.89. The number of nitriles is 2. The molecule has 1 saturated heterocycles. The number of nitrogens with one attached hydrogen (secondary N) is 1. The molecule has 0 aromatic heterocycles. The number of carbonyl (C=O) groups excluding carboxylic acids is 1. The van der Waals surface area contributed by atoms with Crippen molar-refractivity contribution in [3.63, 3.8) is 0 Å². The molecule has 1 heterocycles. The van der Waals surface area contributed by atoms with Crippen molar-refractivity contribution >= 4 is 11.6 Å². The zero-order valence-electron chi connectivity index (χ0n) is 20.1. The lowest BCUT2D eigenvalue weighted by atomic mass is 9.96. The van der Waals surface area contributed by atoms with Gasteiger partial charge in [0.2, 0.25) is 0 Å². The van der Waals surface area contributed by atoms with Crippen LogP contribution < -0.4 is 10.2 Å². The topological polar surface area (TPSA) is 83.2 Å². The van der Waals surface area contributed by atoms with Gasteiger partial charge in [-0.2, -0.15) is 10.5 Å². The highest BCUT2D eigenvalue weighted by Gasteiger charge is 2.31. The zero-order chi connectivity index (χ0) is 24.8. The van der Waals surface area contributed by atoms with Crippen molar-refractivity contribution < 1.29 is 4.79 Å². The molecule has 4 rings (SSSR count). The summed E-state index contributed by atoms with van der Waals surface area (Å²) in [4.78, 5) is 17.4. The zero-order valence-corrected chi connectivity index (χ0v) is 20.1. The van der Waals surface area contributed by atoms with Crippen LogP contribution in [0.2, 0.25) is 0 Å². The quantitative estimate of drug-likeness (QED) is 0.559. The van der Waals surface area contributed by atoms with Gasteiger partial charge in [0.25, 0.3) is 5.91 Å². The van der Waals surface area contributed by atoms with Crippen LogP contribution in [0.1, 0.15) is 52.0 Å². The number of likely N-dealkylation sites (tertiary alicyclic amines) is 1. The maximum Gasteiger partial charge on any atom is 0.251 e. The molecule has 1 aliphatic rings. The minimum absolute atomic E-state index is 0.0283. The first-order valence-electron chi connectivity index (χ1n) is 11.9. The van der Waals surface area contributed by atoms with Gasteiger partial charge in [-0.1, -0.05) is 24.3 Å². The third-order valence-corrected chi connectivity index (χ3v) is 6.68. The van der Waals surface area contributed by atoms with Gasteiger partial charge in [0.1, 0.15) is 0 Å². The van der Waals surface area contributed by atoms with Crippen molar-refractivity contribution in [2.75, 3.05) is 31.6 Å². The Morgan fingerprint density at radius 2 is 1.51 bits per heavy atom. The molecule has 3 aromatic rings. The molecule has 0 aliphatic carbocycles.